The number of likely N-dealkylation sites (tertiary alicyclic amines) is 1. The van der Waals surface area contributed by atoms with Gasteiger partial charge < -0.3 is 15.1 Å². The minimum Gasteiger partial charge on any atom is -0.369 e. The van der Waals surface area contributed by atoms with Gasteiger partial charge in [-0.25, -0.2) is 0 Å². The largest absolute Gasteiger partial charge is 0.418 e. The topological polar surface area (TPSA) is 44.3 Å². The summed E-state index contributed by atoms with van der Waals surface area (Å²) in [6.45, 7) is 9.65. The molecule has 5 nitrogen and oxygen atoms in total. The van der Waals surface area contributed by atoms with Gasteiger partial charge in [0.2, 0.25) is 0 Å². The van der Waals surface area contributed by atoms with Crippen LogP contribution in [-0.4, -0.2) is 60.7 Å². The standard InChI is InChI=1S/C24H32F3N5/c1-17-14-32(20-3-2-19(24(25,26)27)21-22(20)30-11-10-29-21)16-18(17)15-31-12-6-23(7-13-31)4-8-28-9-5-23/h2-3,10-11,17-18,28H,4-9,12-16H2,1H3/t17-,18?/m1/s1. The Morgan fingerprint density at radius 1 is 1.00 bits per heavy atom. The molecule has 1 unspecified atom stereocenters. The highest BCUT2D eigenvalue weighted by Crippen LogP contribution is 2.41. The second kappa shape index (κ2) is 8.45. The third-order valence-electron chi connectivity index (χ3n) is 8.09. The molecule has 4 heterocycles. The van der Waals surface area contributed by atoms with E-state index in [4.69, 9.17) is 0 Å². The Hall–Kier alpha value is -1.93. The molecule has 0 saturated carbocycles. The van der Waals surface area contributed by atoms with E-state index in [1.807, 2.05) is 0 Å². The van der Waals surface area contributed by atoms with Crippen LogP contribution in [0.15, 0.2) is 24.5 Å². The Kier molecular flexibility index (Phi) is 5.78. The number of anilines is 1. The Morgan fingerprint density at radius 2 is 1.69 bits per heavy atom. The monoisotopic (exact) mass is 447 g/mol. The second-order valence-corrected chi connectivity index (χ2v) is 10.1. The van der Waals surface area contributed by atoms with E-state index in [-0.39, 0.29) is 5.52 Å². The molecule has 174 valence electrons. The van der Waals surface area contributed by atoms with Gasteiger partial charge in [-0.15, -0.1) is 0 Å². The maximum Gasteiger partial charge on any atom is 0.418 e. The third-order valence-corrected chi connectivity index (χ3v) is 8.09. The van der Waals surface area contributed by atoms with Crippen molar-refractivity contribution in [3.63, 3.8) is 0 Å². The van der Waals surface area contributed by atoms with E-state index < -0.39 is 11.7 Å². The second-order valence-electron chi connectivity index (χ2n) is 10.1. The lowest BCUT2D eigenvalue weighted by Crippen LogP contribution is -2.47. The van der Waals surface area contributed by atoms with Gasteiger partial charge in [-0.1, -0.05) is 6.92 Å². The fraction of sp³-hybridized carbons (Fsp3) is 0.667. The van der Waals surface area contributed by atoms with E-state index in [9.17, 15) is 13.2 Å². The van der Waals surface area contributed by atoms with Crippen molar-refractivity contribution >= 4 is 16.7 Å². The van der Waals surface area contributed by atoms with Crippen molar-refractivity contribution in [3.05, 3.63) is 30.1 Å². The molecule has 3 fully saturated rings. The molecule has 2 aromatic rings. The normalized spacial score (nSPS) is 26.8. The van der Waals surface area contributed by atoms with Gasteiger partial charge in [-0.05, 0) is 81.2 Å². The van der Waals surface area contributed by atoms with Crippen molar-refractivity contribution in [2.45, 2.75) is 38.8 Å². The first-order valence-electron chi connectivity index (χ1n) is 11.8. The summed E-state index contributed by atoms with van der Waals surface area (Å²) in [5, 5.41) is 3.49. The van der Waals surface area contributed by atoms with Crippen molar-refractivity contribution in [1.82, 2.24) is 20.2 Å². The van der Waals surface area contributed by atoms with Crippen LogP contribution >= 0.6 is 0 Å². The highest BCUT2D eigenvalue weighted by Gasteiger charge is 2.39. The number of aromatic nitrogens is 2. The molecule has 1 spiro atoms. The van der Waals surface area contributed by atoms with E-state index in [2.05, 4.69) is 32.0 Å². The molecular weight excluding hydrogens is 415 g/mol. The Bertz CT molecular complexity index is 946. The van der Waals surface area contributed by atoms with Crippen LogP contribution in [0.2, 0.25) is 0 Å². The quantitative estimate of drug-likeness (QED) is 0.765. The maximum atomic E-state index is 13.5. The lowest BCUT2D eigenvalue weighted by atomic mass is 9.71. The van der Waals surface area contributed by atoms with Gasteiger partial charge in [0.1, 0.15) is 11.0 Å². The number of fused-ring (bicyclic) bond motifs is 1. The number of benzene rings is 1. The lowest BCUT2D eigenvalue weighted by molar-refractivity contribution is -0.136. The van der Waals surface area contributed by atoms with Gasteiger partial charge in [0.25, 0.3) is 0 Å². The maximum absolute atomic E-state index is 13.5. The fourth-order valence-corrected chi connectivity index (χ4v) is 5.99. The average Bonchev–Trinajstić information content (AvgIpc) is 3.14. The predicted molar refractivity (Wildman–Crippen MR) is 120 cm³/mol. The Balaban J connectivity index is 1.28. The first-order valence-corrected chi connectivity index (χ1v) is 11.8. The van der Waals surface area contributed by atoms with Gasteiger partial charge >= 0.3 is 6.18 Å². The smallest absolute Gasteiger partial charge is 0.369 e. The summed E-state index contributed by atoms with van der Waals surface area (Å²) in [5.74, 6) is 0.991. The number of nitrogens with zero attached hydrogens (tertiary/aromatic N) is 4. The molecule has 5 rings (SSSR count). The van der Waals surface area contributed by atoms with Gasteiger partial charge in [0.05, 0.1) is 11.3 Å². The number of halogens is 3. The van der Waals surface area contributed by atoms with Crippen LogP contribution in [0.5, 0.6) is 0 Å². The zero-order valence-electron chi connectivity index (χ0n) is 18.7. The molecular formula is C24H32F3N5. The lowest BCUT2D eigenvalue weighted by Gasteiger charge is -2.45. The fourth-order valence-electron chi connectivity index (χ4n) is 5.99. The van der Waals surface area contributed by atoms with Gasteiger partial charge in [0.15, 0.2) is 0 Å². The van der Waals surface area contributed by atoms with E-state index in [0.29, 0.717) is 22.8 Å². The SMILES string of the molecule is C[C@@H]1CN(c2ccc(C(F)(F)F)c3nccnc23)CC1CN1CCC2(CCNCC2)CC1. The van der Waals surface area contributed by atoms with Crippen molar-refractivity contribution < 1.29 is 13.2 Å². The van der Waals surface area contributed by atoms with E-state index in [1.54, 1.807) is 6.07 Å². The average molecular weight is 448 g/mol. The van der Waals surface area contributed by atoms with Crippen LogP contribution in [0.3, 0.4) is 0 Å². The van der Waals surface area contributed by atoms with Crippen LogP contribution in [0.4, 0.5) is 18.9 Å². The summed E-state index contributed by atoms with van der Waals surface area (Å²) in [7, 11) is 0. The highest BCUT2D eigenvalue weighted by molar-refractivity contribution is 5.90. The number of rotatable bonds is 3. The Morgan fingerprint density at radius 3 is 2.38 bits per heavy atom. The van der Waals surface area contributed by atoms with Crippen molar-refractivity contribution in [2.24, 2.45) is 17.3 Å². The number of alkyl halides is 3. The molecule has 8 heteroatoms. The van der Waals surface area contributed by atoms with Gasteiger partial charge in [-0.3, -0.25) is 9.97 Å². The first-order chi connectivity index (χ1) is 15.3. The molecule has 0 bridgehead atoms. The summed E-state index contributed by atoms with van der Waals surface area (Å²) < 4.78 is 40.4. The number of piperidine rings is 2. The van der Waals surface area contributed by atoms with Crippen LogP contribution in [0, 0.1) is 17.3 Å². The summed E-state index contributed by atoms with van der Waals surface area (Å²) >= 11 is 0. The molecule has 0 aliphatic carbocycles. The predicted octanol–water partition coefficient (Wildman–Crippen LogP) is 4.19. The summed E-state index contributed by atoms with van der Waals surface area (Å²) in [4.78, 5) is 13.2. The van der Waals surface area contributed by atoms with E-state index >= 15 is 0 Å². The van der Waals surface area contributed by atoms with Crippen LogP contribution in [0.1, 0.15) is 38.2 Å². The molecule has 32 heavy (non-hydrogen) atoms. The van der Waals surface area contributed by atoms with Gasteiger partial charge in [0, 0.05) is 32.0 Å². The number of nitrogens with one attached hydrogen (secondary N) is 1. The molecule has 0 amide bonds. The number of hydrogen-bond donors (Lipinski definition) is 1. The molecule has 0 radical (unpaired) electrons. The zero-order chi connectivity index (χ0) is 22.3. The third kappa shape index (κ3) is 4.19. The molecule has 1 aromatic heterocycles. The minimum atomic E-state index is -4.44. The molecule has 3 aliphatic rings. The first kappa shape index (κ1) is 21.9. The van der Waals surface area contributed by atoms with Crippen LogP contribution in [0.25, 0.3) is 11.0 Å². The molecule has 1 N–H and O–H groups in total. The van der Waals surface area contributed by atoms with Crippen molar-refractivity contribution in [3.8, 4) is 0 Å². The van der Waals surface area contributed by atoms with Crippen LogP contribution < -0.4 is 10.2 Å². The van der Waals surface area contributed by atoms with E-state index in [0.717, 1.165) is 57.6 Å². The van der Waals surface area contributed by atoms with Crippen molar-refractivity contribution in [1.29, 1.82) is 0 Å². The highest BCUT2D eigenvalue weighted by atomic mass is 19.4. The molecule has 3 saturated heterocycles. The number of hydrogen-bond acceptors (Lipinski definition) is 5. The molecule has 3 aliphatic heterocycles. The summed E-state index contributed by atoms with van der Waals surface area (Å²) in [6.07, 6.45) is 3.56. The van der Waals surface area contributed by atoms with E-state index in [1.165, 1.54) is 38.1 Å². The van der Waals surface area contributed by atoms with Gasteiger partial charge in [-0.2, -0.15) is 13.2 Å². The molecule has 1 aromatic carbocycles. The summed E-state index contributed by atoms with van der Waals surface area (Å²) in [6, 6.07) is 2.74. The van der Waals surface area contributed by atoms with Crippen molar-refractivity contribution in [2.75, 3.05) is 50.7 Å². The summed E-state index contributed by atoms with van der Waals surface area (Å²) in [5.41, 5.74) is 0.890. The minimum absolute atomic E-state index is 0.0584. The molecule has 2 atom stereocenters. The zero-order valence-corrected chi connectivity index (χ0v) is 18.7. The Labute approximate surface area is 187 Å². The van der Waals surface area contributed by atoms with Crippen LogP contribution in [-0.2, 0) is 6.18 Å².